The van der Waals surface area contributed by atoms with Crippen molar-refractivity contribution in [1.29, 1.82) is 0 Å². The molecule has 1 saturated carbocycles. The molecule has 0 atom stereocenters. The van der Waals surface area contributed by atoms with Crippen LogP contribution in [0.25, 0.3) is 0 Å². The Morgan fingerprint density at radius 3 is 3.00 bits per heavy atom. The second-order valence-electron chi connectivity index (χ2n) is 4.01. The van der Waals surface area contributed by atoms with E-state index in [4.69, 9.17) is 11.6 Å². The summed E-state index contributed by atoms with van der Waals surface area (Å²) in [5.41, 5.74) is 2.41. The summed E-state index contributed by atoms with van der Waals surface area (Å²) >= 11 is 7.48. The van der Waals surface area contributed by atoms with Gasteiger partial charge in [0.05, 0.1) is 5.51 Å². The molecule has 14 heavy (non-hydrogen) atoms. The van der Waals surface area contributed by atoms with Gasteiger partial charge in [-0.05, 0) is 24.7 Å². The van der Waals surface area contributed by atoms with Crippen molar-refractivity contribution in [2.45, 2.75) is 25.8 Å². The highest BCUT2D eigenvalue weighted by Gasteiger charge is 2.40. The van der Waals surface area contributed by atoms with Gasteiger partial charge in [0.15, 0.2) is 0 Å². The fourth-order valence-electron chi connectivity index (χ4n) is 1.67. The zero-order valence-electron chi connectivity index (χ0n) is 8.13. The van der Waals surface area contributed by atoms with Gasteiger partial charge in [0, 0.05) is 30.0 Å². The zero-order chi connectivity index (χ0) is 9.86. The molecule has 4 heteroatoms. The van der Waals surface area contributed by atoms with Crippen molar-refractivity contribution in [2.75, 3.05) is 12.4 Å². The second-order valence-corrected chi connectivity index (χ2v) is 5.36. The van der Waals surface area contributed by atoms with Crippen LogP contribution in [0.5, 0.6) is 0 Å². The molecule has 1 aromatic rings. The van der Waals surface area contributed by atoms with Gasteiger partial charge in [-0.15, -0.1) is 22.9 Å². The van der Waals surface area contributed by atoms with E-state index >= 15 is 0 Å². The van der Waals surface area contributed by atoms with Crippen LogP contribution in [0.2, 0.25) is 0 Å². The normalized spacial score (nSPS) is 18.4. The molecule has 1 aliphatic rings. The summed E-state index contributed by atoms with van der Waals surface area (Å²) in [5.74, 6) is 0.794. The quantitative estimate of drug-likeness (QED) is 0.761. The second kappa shape index (κ2) is 4.60. The predicted molar refractivity (Wildman–Crippen MR) is 60.8 cm³/mol. The number of alkyl halides is 1. The Bertz CT molecular complexity index is 270. The maximum absolute atomic E-state index is 5.77. The number of halogens is 1. The maximum Gasteiger partial charge on any atom is 0.0794 e. The van der Waals surface area contributed by atoms with Crippen LogP contribution in [-0.4, -0.2) is 17.4 Å². The Labute approximate surface area is 93.7 Å². The maximum atomic E-state index is 5.77. The smallest absolute Gasteiger partial charge is 0.0794 e. The van der Waals surface area contributed by atoms with Gasteiger partial charge in [0.25, 0.3) is 0 Å². The van der Waals surface area contributed by atoms with E-state index in [0.717, 1.165) is 25.4 Å². The standard InChI is InChI=1S/C10H15ClN2S/c11-4-3-10(1-2-10)7-12-5-9-6-13-8-14-9/h6,8,12H,1-5,7H2. The van der Waals surface area contributed by atoms with Gasteiger partial charge < -0.3 is 5.32 Å². The third-order valence-electron chi connectivity index (χ3n) is 2.86. The number of rotatable bonds is 6. The Kier molecular flexibility index (Phi) is 3.42. The minimum atomic E-state index is 0.534. The van der Waals surface area contributed by atoms with Gasteiger partial charge in [-0.2, -0.15) is 0 Å². The third-order valence-corrected chi connectivity index (χ3v) is 3.83. The molecule has 1 heterocycles. The summed E-state index contributed by atoms with van der Waals surface area (Å²) in [6.07, 6.45) is 5.77. The number of nitrogens with one attached hydrogen (secondary N) is 1. The van der Waals surface area contributed by atoms with E-state index in [9.17, 15) is 0 Å². The number of nitrogens with zero attached hydrogens (tertiary/aromatic N) is 1. The first kappa shape index (κ1) is 10.4. The van der Waals surface area contributed by atoms with E-state index in [0.29, 0.717) is 5.41 Å². The van der Waals surface area contributed by atoms with Crippen molar-refractivity contribution in [3.05, 3.63) is 16.6 Å². The Hall–Kier alpha value is -0.120. The lowest BCUT2D eigenvalue weighted by Gasteiger charge is -2.13. The number of hydrogen-bond acceptors (Lipinski definition) is 3. The average molecular weight is 231 g/mol. The molecule has 0 aliphatic heterocycles. The largest absolute Gasteiger partial charge is 0.311 e. The first-order valence-corrected chi connectivity index (χ1v) is 6.40. The molecule has 78 valence electrons. The molecule has 0 saturated heterocycles. The molecule has 0 bridgehead atoms. The number of hydrogen-bond donors (Lipinski definition) is 1. The molecular weight excluding hydrogens is 216 g/mol. The van der Waals surface area contributed by atoms with Crippen LogP contribution in [0.4, 0.5) is 0 Å². The van der Waals surface area contributed by atoms with E-state index in [1.54, 1.807) is 11.3 Å². The minimum Gasteiger partial charge on any atom is -0.311 e. The van der Waals surface area contributed by atoms with Crippen molar-refractivity contribution in [2.24, 2.45) is 5.41 Å². The first-order valence-electron chi connectivity index (χ1n) is 4.99. The molecule has 1 aromatic heterocycles. The molecule has 1 fully saturated rings. The molecule has 1 N–H and O–H groups in total. The number of thiazole rings is 1. The van der Waals surface area contributed by atoms with Crippen molar-refractivity contribution in [3.8, 4) is 0 Å². The van der Waals surface area contributed by atoms with Crippen molar-refractivity contribution >= 4 is 22.9 Å². The molecule has 2 nitrogen and oxygen atoms in total. The van der Waals surface area contributed by atoms with Gasteiger partial charge in [-0.25, -0.2) is 0 Å². The van der Waals surface area contributed by atoms with E-state index in [1.807, 2.05) is 11.7 Å². The van der Waals surface area contributed by atoms with Gasteiger partial charge in [-0.3, -0.25) is 4.98 Å². The molecule has 2 rings (SSSR count). The molecule has 0 spiro atoms. The van der Waals surface area contributed by atoms with Crippen molar-refractivity contribution < 1.29 is 0 Å². The van der Waals surface area contributed by atoms with Gasteiger partial charge >= 0.3 is 0 Å². The SMILES string of the molecule is ClCCC1(CNCc2cncs2)CC1. The number of aromatic nitrogens is 1. The molecule has 0 unspecified atom stereocenters. The zero-order valence-corrected chi connectivity index (χ0v) is 9.70. The van der Waals surface area contributed by atoms with Crippen LogP contribution in [0.1, 0.15) is 24.1 Å². The Morgan fingerprint density at radius 1 is 1.57 bits per heavy atom. The van der Waals surface area contributed by atoms with Crippen LogP contribution in [-0.2, 0) is 6.54 Å². The van der Waals surface area contributed by atoms with E-state index in [2.05, 4.69) is 10.3 Å². The van der Waals surface area contributed by atoms with Crippen LogP contribution in [0.3, 0.4) is 0 Å². The van der Waals surface area contributed by atoms with Crippen LogP contribution < -0.4 is 5.32 Å². The lowest BCUT2D eigenvalue weighted by Crippen LogP contribution is -2.23. The van der Waals surface area contributed by atoms with Crippen LogP contribution in [0, 0.1) is 5.41 Å². The van der Waals surface area contributed by atoms with Gasteiger partial charge in [0.1, 0.15) is 0 Å². The first-order chi connectivity index (χ1) is 6.85. The predicted octanol–water partition coefficient (Wildman–Crippen LogP) is 2.64. The van der Waals surface area contributed by atoms with E-state index < -0.39 is 0 Å². The molecule has 1 aliphatic carbocycles. The third kappa shape index (κ3) is 2.69. The lowest BCUT2D eigenvalue weighted by atomic mass is 10.0. The average Bonchev–Trinajstić information content (AvgIpc) is 2.75. The highest BCUT2D eigenvalue weighted by molar-refractivity contribution is 7.09. The van der Waals surface area contributed by atoms with Crippen molar-refractivity contribution in [3.63, 3.8) is 0 Å². The topological polar surface area (TPSA) is 24.9 Å². The Morgan fingerprint density at radius 2 is 2.43 bits per heavy atom. The summed E-state index contributed by atoms with van der Waals surface area (Å²) < 4.78 is 0. The Balaban J connectivity index is 1.68. The molecule has 0 radical (unpaired) electrons. The molecule has 0 aromatic carbocycles. The van der Waals surface area contributed by atoms with Crippen molar-refractivity contribution in [1.82, 2.24) is 10.3 Å². The summed E-state index contributed by atoms with van der Waals surface area (Å²) in [6.45, 7) is 2.06. The van der Waals surface area contributed by atoms with Gasteiger partial charge in [0.2, 0.25) is 0 Å². The van der Waals surface area contributed by atoms with Crippen LogP contribution >= 0.6 is 22.9 Å². The monoisotopic (exact) mass is 230 g/mol. The van der Waals surface area contributed by atoms with E-state index in [1.165, 1.54) is 17.7 Å². The highest BCUT2D eigenvalue weighted by Crippen LogP contribution is 2.48. The summed E-state index contributed by atoms with van der Waals surface area (Å²) in [5, 5.41) is 3.49. The molecular formula is C10H15ClN2S. The van der Waals surface area contributed by atoms with Crippen LogP contribution in [0.15, 0.2) is 11.7 Å². The van der Waals surface area contributed by atoms with Gasteiger partial charge in [-0.1, -0.05) is 0 Å². The minimum absolute atomic E-state index is 0.534. The highest BCUT2D eigenvalue weighted by atomic mass is 35.5. The summed E-state index contributed by atoms with van der Waals surface area (Å²) in [6, 6.07) is 0. The fourth-order valence-corrected chi connectivity index (χ4v) is 2.64. The van der Waals surface area contributed by atoms with E-state index in [-0.39, 0.29) is 0 Å². The summed E-state index contributed by atoms with van der Waals surface area (Å²) in [4.78, 5) is 5.36. The molecule has 0 amide bonds. The lowest BCUT2D eigenvalue weighted by molar-refractivity contribution is 0.446. The fraction of sp³-hybridized carbons (Fsp3) is 0.700. The summed E-state index contributed by atoms with van der Waals surface area (Å²) in [7, 11) is 0.